The van der Waals surface area contributed by atoms with Crippen molar-refractivity contribution < 1.29 is 14.6 Å². The van der Waals surface area contributed by atoms with Gasteiger partial charge in [0.2, 0.25) is 0 Å². The van der Waals surface area contributed by atoms with Gasteiger partial charge < -0.3 is 9.84 Å². The van der Waals surface area contributed by atoms with Gasteiger partial charge in [0.1, 0.15) is 12.4 Å². The van der Waals surface area contributed by atoms with Gasteiger partial charge in [-0.2, -0.15) is 0 Å². The van der Waals surface area contributed by atoms with Gasteiger partial charge >= 0.3 is 5.97 Å². The third kappa shape index (κ3) is 0.863. The van der Waals surface area contributed by atoms with Gasteiger partial charge in [-0.1, -0.05) is 0 Å². The number of phenols is 1. The van der Waals surface area contributed by atoms with Gasteiger partial charge in [0.15, 0.2) is 0 Å². The summed E-state index contributed by atoms with van der Waals surface area (Å²) in [4.78, 5) is 11.0. The first-order valence-electron chi connectivity index (χ1n) is 3.68. The molecule has 0 fully saturated rings. The van der Waals surface area contributed by atoms with E-state index in [1.807, 2.05) is 0 Å². The van der Waals surface area contributed by atoms with Crippen molar-refractivity contribution in [3.63, 3.8) is 0 Å². The number of carbonyl (C=O) groups is 1. The van der Waals surface area contributed by atoms with Crippen LogP contribution >= 0.6 is 0 Å². The summed E-state index contributed by atoms with van der Waals surface area (Å²) in [5.74, 6) is -0.201. The van der Waals surface area contributed by atoms with Crippen molar-refractivity contribution in [2.45, 2.75) is 13.5 Å². The summed E-state index contributed by atoms with van der Waals surface area (Å²) in [7, 11) is 0. The standard InChI is InChI=1S/C9H8O3/c1-5-2-6-4-12-9(11)7(6)3-8(5)10/h2-3,10H,4H2,1H3. The fraction of sp³-hybridized carbons (Fsp3) is 0.222. The lowest BCUT2D eigenvalue weighted by molar-refractivity contribution is 0.0535. The largest absolute Gasteiger partial charge is 0.508 e. The van der Waals surface area contributed by atoms with E-state index in [-0.39, 0.29) is 11.7 Å². The molecule has 0 saturated carbocycles. The molecule has 1 N–H and O–H groups in total. The first kappa shape index (κ1) is 7.16. The molecule has 1 aromatic carbocycles. The second kappa shape index (κ2) is 2.24. The molecule has 0 saturated heterocycles. The average Bonchev–Trinajstić information content (AvgIpc) is 2.35. The molecule has 0 amide bonds. The zero-order valence-corrected chi connectivity index (χ0v) is 6.63. The molecule has 0 aromatic heterocycles. The van der Waals surface area contributed by atoms with E-state index in [1.165, 1.54) is 6.07 Å². The van der Waals surface area contributed by atoms with Crippen LogP contribution in [0.15, 0.2) is 12.1 Å². The Balaban J connectivity index is 2.63. The zero-order chi connectivity index (χ0) is 8.72. The van der Waals surface area contributed by atoms with Gasteiger partial charge in [-0.05, 0) is 24.6 Å². The molecule has 0 spiro atoms. The normalized spacial score (nSPS) is 14.2. The van der Waals surface area contributed by atoms with Gasteiger partial charge in [-0.25, -0.2) is 4.79 Å². The van der Waals surface area contributed by atoms with Crippen molar-refractivity contribution in [1.82, 2.24) is 0 Å². The molecule has 0 atom stereocenters. The third-order valence-electron chi connectivity index (χ3n) is 2.00. The van der Waals surface area contributed by atoms with Crippen LogP contribution in [0.1, 0.15) is 21.5 Å². The Labute approximate surface area is 69.6 Å². The summed E-state index contributed by atoms with van der Waals surface area (Å²) >= 11 is 0. The summed E-state index contributed by atoms with van der Waals surface area (Å²) in [6.07, 6.45) is 0. The lowest BCUT2D eigenvalue weighted by atomic mass is 10.1. The Morgan fingerprint density at radius 2 is 2.25 bits per heavy atom. The van der Waals surface area contributed by atoms with Crippen LogP contribution in [0.25, 0.3) is 0 Å². The number of cyclic esters (lactones) is 1. The van der Waals surface area contributed by atoms with Crippen LogP contribution in [0, 0.1) is 6.92 Å². The molecule has 2 rings (SSSR count). The Morgan fingerprint density at radius 3 is 3.00 bits per heavy atom. The van der Waals surface area contributed by atoms with Gasteiger partial charge in [0.25, 0.3) is 0 Å². The molecule has 1 heterocycles. The lowest BCUT2D eigenvalue weighted by Crippen LogP contribution is -1.93. The monoisotopic (exact) mass is 164 g/mol. The number of hydrogen-bond acceptors (Lipinski definition) is 3. The third-order valence-corrected chi connectivity index (χ3v) is 2.00. The number of rotatable bonds is 0. The quantitative estimate of drug-likeness (QED) is 0.589. The highest BCUT2D eigenvalue weighted by Gasteiger charge is 2.21. The van der Waals surface area contributed by atoms with Crippen LogP contribution in [0.3, 0.4) is 0 Å². The molecule has 62 valence electrons. The van der Waals surface area contributed by atoms with Crippen LogP contribution < -0.4 is 0 Å². The van der Waals surface area contributed by atoms with E-state index in [0.717, 1.165) is 11.1 Å². The molecule has 0 radical (unpaired) electrons. The SMILES string of the molecule is Cc1cc2c(cc1O)C(=O)OC2. The fourth-order valence-corrected chi connectivity index (χ4v) is 1.29. The number of esters is 1. The smallest absolute Gasteiger partial charge is 0.339 e. The van der Waals surface area contributed by atoms with Gasteiger partial charge in [-0.15, -0.1) is 0 Å². The van der Waals surface area contributed by atoms with E-state index in [1.54, 1.807) is 13.0 Å². The summed E-state index contributed by atoms with van der Waals surface area (Å²) in [5.41, 5.74) is 2.11. The van der Waals surface area contributed by atoms with Gasteiger partial charge in [0.05, 0.1) is 5.56 Å². The van der Waals surface area contributed by atoms with E-state index in [4.69, 9.17) is 4.74 Å². The number of carbonyl (C=O) groups excluding carboxylic acids is 1. The Morgan fingerprint density at radius 1 is 1.50 bits per heavy atom. The van der Waals surface area contributed by atoms with E-state index in [2.05, 4.69) is 0 Å². The highest BCUT2D eigenvalue weighted by Crippen LogP contribution is 2.26. The Bertz CT molecular complexity index is 355. The molecule has 0 aliphatic carbocycles. The minimum Gasteiger partial charge on any atom is -0.508 e. The van der Waals surface area contributed by atoms with Crippen molar-refractivity contribution in [2.75, 3.05) is 0 Å². The van der Waals surface area contributed by atoms with Crippen molar-refractivity contribution in [3.05, 3.63) is 28.8 Å². The highest BCUT2D eigenvalue weighted by atomic mass is 16.5. The molecule has 3 heteroatoms. The number of hydrogen-bond donors (Lipinski definition) is 1. The molecular weight excluding hydrogens is 156 g/mol. The van der Waals surface area contributed by atoms with E-state index < -0.39 is 0 Å². The second-order valence-corrected chi connectivity index (χ2v) is 2.87. The van der Waals surface area contributed by atoms with Crippen LogP contribution in [0.2, 0.25) is 0 Å². The van der Waals surface area contributed by atoms with E-state index in [9.17, 15) is 9.90 Å². The lowest BCUT2D eigenvalue weighted by Gasteiger charge is -1.99. The van der Waals surface area contributed by atoms with E-state index >= 15 is 0 Å². The Hall–Kier alpha value is -1.51. The first-order valence-corrected chi connectivity index (χ1v) is 3.68. The molecule has 0 bridgehead atoms. The molecule has 1 aliphatic rings. The summed E-state index contributed by atoms with van der Waals surface area (Å²) < 4.78 is 4.78. The molecular formula is C9H8O3. The number of ether oxygens (including phenoxy) is 1. The summed E-state index contributed by atoms with van der Waals surface area (Å²) in [6, 6.07) is 3.23. The second-order valence-electron chi connectivity index (χ2n) is 2.87. The fourth-order valence-electron chi connectivity index (χ4n) is 1.29. The summed E-state index contributed by atoms with van der Waals surface area (Å²) in [5, 5.41) is 9.29. The zero-order valence-electron chi connectivity index (χ0n) is 6.63. The maximum atomic E-state index is 11.0. The van der Waals surface area contributed by atoms with Crippen molar-refractivity contribution >= 4 is 5.97 Å². The minimum absolute atomic E-state index is 0.146. The maximum absolute atomic E-state index is 11.0. The average molecular weight is 164 g/mol. The molecule has 12 heavy (non-hydrogen) atoms. The van der Waals surface area contributed by atoms with Crippen molar-refractivity contribution in [3.8, 4) is 5.75 Å². The van der Waals surface area contributed by atoms with Gasteiger partial charge in [0, 0.05) is 5.56 Å². The summed E-state index contributed by atoms with van der Waals surface area (Å²) in [6.45, 7) is 2.12. The number of phenolic OH excluding ortho intramolecular Hbond substituents is 1. The highest BCUT2D eigenvalue weighted by molar-refractivity contribution is 5.93. The minimum atomic E-state index is -0.347. The van der Waals surface area contributed by atoms with Crippen LogP contribution in [-0.2, 0) is 11.3 Å². The van der Waals surface area contributed by atoms with Crippen molar-refractivity contribution in [2.24, 2.45) is 0 Å². The predicted molar refractivity (Wildman–Crippen MR) is 42.0 cm³/mol. The Kier molecular flexibility index (Phi) is 1.33. The van der Waals surface area contributed by atoms with Crippen molar-refractivity contribution in [1.29, 1.82) is 0 Å². The van der Waals surface area contributed by atoms with E-state index in [0.29, 0.717) is 12.2 Å². The topological polar surface area (TPSA) is 46.5 Å². The molecule has 3 nitrogen and oxygen atoms in total. The van der Waals surface area contributed by atoms with Crippen LogP contribution in [-0.4, -0.2) is 11.1 Å². The van der Waals surface area contributed by atoms with Crippen LogP contribution in [0.5, 0.6) is 5.75 Å². The predicted octanol–water partition coefficient (Wildman–Crippen LogP) is 1.37. The molecule has 1 aliphatic heterocycles. The van der Waals surface area contributed by atoms with Crippen LogP contribution in [0.4, 0.5) is 0 Å². The number of aromatic hydroxyl groups is 1. The molecule has 1 aromatic rings. The molecule has 0 unspecified atom stereocenters. The number of benzene rings is 1. The maximum Gasteiger partial charge on any atom is 0.339 e. The van der Waals surface area contributed by atoms with Gasteiger partial charge in [-0.3, -0.25) is 0 Å². The number of aryl methyl sites for hydroxylation is 1. The first-order chi connectivity index (χ1) is 5.68. The number of fused-ring (bicyclic) bond motifs is 1.